The fourth-order valence-corrected chi connectivity index (χ4v) is 4.46. The maximum Gasteiger partial charge on any atom is 0.196 e. The summed E-state index contributed by atoms with van der Waals surface area (Å²) in [7, 11) is 0. The molecule has 2 aromatic heterocycles. The first-order valence-corrected chi connectivity index (χ1v) is 10.3. The average Bonchev–Trinajstić information content (AvgIpc) is 3.31. The van der Waals surface area contributed by atoms with E-state index >= 15 is 0 Å². The molecule has 0 atom stereocenters. The number of hydrogen-bond donors (Lipinski definition) is 1. The molecule has 2 heterocycles. The molecule has 0 spiro atoms. The predicted molar refractivity (Wildman–Crippen MR) is 118 cm³/mol. The highest BCUT2D eigenvalue weighted by molar-refractivity contribution is 7.15. The maximum atomic E-state index is 14.8. The Morgan fingerprint density at radius 3 is 2.40 bits per heavy atom. The van der Waals surface area contributed by atoms with Gasteiger partial charge >= 0.3 is 0 Å². The first kappa shape index (κ1) is 18.5. The highest BCUT2D eigenvalue weighted by Crippen LogP contribution is 2.39. The molecule has 0 aliphatic rings. The molecule has 0 saturated carbocycles. The molecule has 3 aromatic carbocycles. The van der Waals surface area contributed by atoms with Crippen LogP contribution in [0.1, 0.15) is 5.56 Å². The Bertz CT molecular complexity index is 1320. The minimum absolute atomic E-state index is 0.315. The maximum absolute atomic E-state index is 14.8. The number of hydrogen-bond acceptors (Lipinski definition) is 3. The second kappa shape index (κ2) is 7.39. The van der Waals surface area contributed by atoms with E-state index < -0.39 is 0 Å². The average molecular weight is 417 g/mol. The van der Waals surface area contributed by atoms with Crippen LogP contribution in [0.2, 0.25) is 0 Å². The third kappa shape index (κ3) is 3.15. The standard InChI is InChI=1S/C24H17F2N3S/c1-15-6-5-9-19(26)21(15)22-23(27-18-12-10-17(25)11-13-18)29-20(14-30-24(29)28-22)16-7-3-2-4-8-16/h2-14,27H,1H3. The van der Waals surface area contributed by atoms with E-state index in [4.69, 9.17) is 4.98 Å². The van der Waals surface area contributed by atoms with E-state index in [0.717, 1.165) is 21.8 Å². The van der Waals surface area contributed by atoms with Gasteiger partial charge in [0, 0.05) is 16.6 Å². The third-order valence-corrected chi connectivity index (χ3v) is 5.82. The molecule has 5 rings (SSSR count). The van der Waals surface area contributed by atoms with E-state index in [2.05, 4.69) is 5.32 Å². The summed E-state index contributed by atoms with van der Waals surface area (Å²) in [4.78, 5) is 5.52. The number of imidazole rings is 1. The molecule has 5 aromatic rings. The fourth-order valence-electron chi connectivity index (χ4n) is 3.56. The Balaban J connectivity index is 1.78. The summed E-state index contributed by atoms with van der Waals surface area (Å²) in [6.45, 7) is 1.87. The summed E-state index contributed by atoms with van der Waals surface area (Å²) in [5, 5.41) is 5.38. The van der Waals surface area contributed by atoms with Gasteiger partial charge in [-0.3, -0.25) is 4.40 Å². The van der Waals surface area contributed by atoms with E-state index in [1.165, 1.54) is 29.5 Å². The van der Waals surface area contributed by atoms with Gasteiger partial charge < -0.3 is 5.32 Å². The van der Waals surface area contributed by atoms with Crippen LogP contribution in [-0.2, 0) is 0 Å². The third-order valence-electron chi connectivity index (χ3n) is 5.00. The number of rotatable bonds is 4. The van der Waals surface area contributed by atoms with Gasteiger partial charge in [-0.25, -0.2) is 13.8 Å². The van der Waals surface area contributed by atoms with Gasteiger partial charge in [0.05, 0.1) is 5.69 Å². The molecule has 0 unspecified atom stereocenters. The first-order valence-electron chi connectivity index (χ1n) is 9.45. The van der Waals surface area contributed by atoms with Crippen LogP contribution in [0.15, 0.2) is 78.2 Å². The number of halogens is 2. The molecule has 0 saturated heterocycles. The molecule has 148 valence electrons. The van der Waals surface area contributed by atoms with Crippen LogP contribution in [0.25, 0.3) is 27.5 Å². The number of anilines is 2. The van der Waals surface area contributed by atoms with Crippen LogP contribution in [-0.4, -0.2) is 9.38 Å². The Morgan fingerprint density at radius 1 is 0.900 bits per heavy atom. The van der Waals surface area contributed by atoms with E-state index in [0.29, 0.717) is 22.8 Å². The zero-order valence-corrected chi connectivity index (χ0v) is 16.9. The fraction of sp³-hybridized carbons (Fsp3) is 0.0417. The predicted octanol–water partition coefficient (Wildman–Crippen LogP) is 7.06. The van der Waals surface area contributed by atoms with Crippen molar-refractivity contribution in [3.63, 3.8) is 0 Å². The van der Waals surface area contributed by atoms with Gasteiger partial charge in [0.25, 0.3) is 0 Å². The molecule has 0 aliphatic heterocycles. The van der Waals surface area contributed by atoms with Gasteiger partial charge in [-0.1, -0.05) is 42.5 Å². The van der Waals surface area contributed by atoms with Crippen LogP contribution in [0.5, 0.6) is 0 Å². The number of nitrogens with zero attached hydrogens (tertiary/aromatic N) is 2. The lowest BCUT2D eigenvalue weighted by Gasteiger charge is -2.12. The van der Waals surface area contributed by atoms with Crippen molar-refractivity contribution in [3.05, 3.63) is 95.4 Å². The van der Waals surface area contributed by atoms with E-state index in [-0.39, 0.29) is 11.6 Å². The van der Waals surface area contributed by atoms with Crippen molar-refractivity contribution >= 4 is 27.8 Å². The summed E-state index contributed by atoms with van der Waals surface area (Å²) in [6, 6.07) is 21.1. The number of aromatic nitrogens is 2. The summed E-state index contributed by atoms with van der Waals surface area (Å²) >= 11 is 1.49. The number of nitrogens with one attached hydrogen (secondary N) is 1. The zero-order valence-electron chi connectivity index (χ0n) is 16.1. The minimum atomic E-state index is -0.329. The minimum Gasteiger partial charge on any atom is -0.339 e. The SMILES string of the molecule is Cc1cccc(F)c1-c1nc2scc(-c3ccccc3)n2c1Nc1ccc(F)cc1. The second-order valence-corrected chi connectivity index (χ2v) is 7.81. The van der Waals surface area contributed by atoms with Crippen molar-refractivity contribution in [3.8, 4) is 22.5 Å². The second-order valence-electron chi connectivity index (χ2n) is 6.98. The molecule has 0 aliphatic carbocycles. The Morgan fingerprint density at radius 2 is 1.67 bits per heavy atom. The molecule has 0 amide bonds. The van der Waals surface area contributed by atoms with Crippen LogP contribution >= 0.6 is 11.3 Å². The van der Waals surface area contributed by atoms with Crippen LogP contribution in [0.3, 0.4) is 0 Å². The summed E-state index contributed by atoms with van der Waals surface area (Å²) < 4.78 is 30.2. The highest BCUT2D eigenvalue weighted by Gasteiger charge is 2.22. The topological polar surface area (TPSA) is 29.3 Å². The van der Waals surface area contributed by atoms with Crippen molar-refractivity contribution in [1.29, 1.82) is 0 Å². The Hall–Kier alpha value is -3.51. The van der Waals surface area contributed by atoms with Crippen molar-refractivity contribution in [2.75, 3.05) is 5.32 Å². The quantitative estimate of drug-likeness (QED) is 0.339. The Labute approximate surface area is 176 Å². The van der Waals surface area contributed by atoms with E-state index in [1.807, 2.05) is 53.1 Å². The smallest absolute Gasteiger partial charge is 0.196 e. The van der Waals surface area contributed by atoms with Gasteiger partial charge in [0.2, 0.25) is 0 Å². The van der Waals surface area contributed by atoms with Gasteiger partial charge in [-0.15, -0.1) is 11.3 Å². The lowest BCUT2D eigenvalue weighted by atomic mass is 10.0. The van der Waals surface area contributed by atoms with Crippen molar-refractivity contribution in [2.24, 2.45) is 0 Å². The van der Waals surface area contributed by atoms with Gasteiger partial charge in [0.15, 0.2) is 4.96 Å². The largest absolute Gasteiger partial charge is 0.339 e. The molecule has 0 bridgehead atoms. The highest BCUT2D eigenvalue weighted by atomic mass is 32.1. The monoisotopic (exact) mass is 417 g/mol. The van der Waals surface area contributed by atoms with Gasteiger partial charge in [-0.2, -0.15) is 0 Å². The van der Waals surface area contributed by atoms with Crippen LogP contribution < -0.4 is 5.32 Å². The first-order chi connectivity index (χ1) is 14.6. The molecular weight excluding hydrogens is 400 g/mol. The summed E-state index contributed by atoms with van der Waals surface area (Å²) in [5.41, 5.74) is 4.45. The molecule has 30 heavy (non-hydrogen) atoms. The van der Waals surface area contributed by atoms with E-state index in [1.54, 1.807) is 18.2 Å². The number of fused-ring (bicyclic) bond motifs is 1. The molecular formula is C24H17F2N3S. The van der Waals surface area contributed by atoms with Crippen molar-refractivity contribution < 1.29 is 8.78 Å². The molecule has 6 heteroatoms. The van der Waals surface area contributed by atoms with Crippen LogP contribution in [0.4, 0.5) is 20.3 Å². The van der Waals surface area contributed by atoms with Crippen LogP contribution in [0, 0.1) is 18.6 Å². The molecule has 0 radical (unpaired) electrons. The summed E-state index contributed by atoms with van der Waals surface area (Å²) in [6.07, 6.45) is 0. The van der Waals surface area contributed by atoms with Gasteiger partial charge in [-0.05, 0) is 48.4 Å². The number of thiazole rings is 1. The summed E-state index contributed by atoms with van der Waals surface area (Å²) in [5.74, 6) is -0.00116. The van der Waals surface area contributed by atoms with E-state index in [9.17, 15) is 8.78 Å². The van der Waals surface area contributed by atoms with Gasteiger partial charge in [0.1, 0.15) is 23.1 Å². The normalized spacial score (nSPS) is 11.2. The molecule has 1 N–H and O–H groups in total. The Kier molecular flexibility index (Phi) is 4.56. The molecule has 0 fully saturated rings. The van der Waals surface area contributed by atoms with Crippen molar-refractivity contribution in [2.45, 2.75) is 6.92 Å². The van der Waals surface area contributed by atoms with Crippen molar-refractivity contribution in [1.82, 2.24) is 9.38 Å². The number of aryl methyl sites for hydroxylation is 1. The number of benzene rings is 3. The lowest BCUT2D eigenvalue weighted by molar-refractivity contribution is 0.628. The lowest BCUT2D eigenvalue weighted by Crippen LogP contribution is -1.99. The zero-order chi connectivity index (χ0) is 20.7. The molecule has 3 nitrogen and oxygen atoms in total.